The van der Waals surface area contributed by atoms with Crippen LogP contribution in [-0.4, -0.2) is 57.3 Å². The van der Waals surface area contributed by atoms with E-state index in [1.54, 1.807) is 37.2 Å². The number of anilines is 1. The number of fused-ring (bicyclic) bond motifs is 1. The predicted octanol–water partition coefficient (Wildman–Crippen LogP) is 5.51. The van der Waals surface area contributed by atoms with Crippen molar-refractivity contribution in [2.75, 3.05) is 31.1 Å². The third-order valence-electron chi connectivity index (χ3n) is 5.39. The van der Waals surface area contributed by atoms with Gasteiger partial charge in [-0.15, -0.1) is 0 Å². The van der Waals surface area contributed by atoms with E-state index in [2.05, 4.69) is 29.6 Å². The van der Waals surface area contributed by atoms with Gasteiger partial charge in [-0.05, 0) is 53.3 Å². The molecule has 2 N–H and O–H groups in total. The van der Waals surface area contributed by atoms with Gasteiger partial charge in [0.1, 0.15) is 5.78 Å². The zero-order valence-electron chi connectivity index (χ0n) is 21.9. The molecule has 0 saturated carbocycles. The maximum absolute atomic E-state index is 12.6. The molecule has 40 heavy (non-hydrogen) atoms. The quantitative estimate of drug-likeness (QED) is 0.215. The van der Waals surface area contributed by atoms with Crippen LogP contribution in [0.1, 0.15) is 38.7 Å². The second kappa shape index (κ2) is 21.5. The van der Waals surface area contributed by atoms with E-state index in [0.29, 0.717) is 25.0 Å². The predicted molar refractivity (Wildman–Crippen MR) is 147 cm³/mol. The maximum atomic E-state index is 12.6. The Balaban J connectivity index is 0.00000109. The molecule has 1 aromatic carbocycles. The molecular formula is C23H31ClN8O7Pt-3. The number of rotatable bonds is 7. The molecule has 15 nitrogen and oxygen atoms in total. The van der Waals surface area contributed by atoms with Gasteiger partial charge in [-0.1, -0.05) is 13.8 Å². The van der Waals surface area contributed by atoms with Crippen LogP contribution in [0.25, 0.3) is 22.5 Å². The van der Waals surface area contributed by atoms with Crippen molar-refractivity contribution in [2.45, 2.75) is 39.5 Å². The summed E-state index contributed by atoms with van der Waals surface area (Å²) in [5.74, 6) is 0.329. The molecule has 3 heterocycles. The van der Waals surface area contributed by atoms with Crippen LogP contribution < -0.4 is 4.90 Å². The standard InChI is InChI=1S/C19H19N5O4.C2H6N2.C2H6.ClH.NO3.Pt/c25-17(4-1-13-5-9-20-10-6-13)14-7-11-23(12-8-14)15-2-3-16(24(26)27)19-18(15)21-28-22-19;3-1-2-4;1-2;;2-1(3)4;/h2-3,5-6,9-10,14H,1,4,7-8,11-12H2;3-4H,1-2H2;1-2H3;1H;;/q;-2;;;-1;+1/p-1. The minimum absolute atomic E-state index is 0.0436. The van der Waals surface area contributed by atoms with Gasteiger partial charge in [-0.2, -0.15) is 13.1 Å². The number of benzene rings is 1. The fourth-order valence-corrected chi connectivity index (χ4v) is 3.71. The molecule has 1 fully saturated rings. The normalized spacial score (nSPS) is 12.2. The number of nitrogens with one attached hydrogen (secondary N) is 2. The summed E-state index contributed by atoms with van der Waals surface area (Å²) in [6.45, 7) is 5.84. The Morgan fingerprint density at radius 2 is 1.55 bits per heavy atom. The Hall–Kier alpha value is -3.26. The second-order valence-electron chi connectivity index (χ2n) is 7.63. The van der Waals surface area contributed by atoms with E-state index in [0.717, 1.165) is 30.5 Å². The van der Waals surface area contributed by atoms with Crippen molar-refractivity contribution in [3.8, 4) is 0 Å². The number of nitro benzene ring substituents is 1. The molecule has 0 bridgehead atoms. The molecule has 3 aromatic rings. The maximum Gasteiger partial charge on any atom is -0.171 e. The van der Waals surface area contributed by atoms with E-state index < -0.39 is 10.0 Å². The molecule has 1 aliphatic heterocycles. The zero-order valence-corrected chi connectivity index (χ0v) is 25.0. The van der Waals surface area contributed by atoms with Crippen LogP contribution in [0.5, 0.6) is 0 Å². The number of hydrogen-bond acceptors (Lipinski definition) is 11. The number of nitro groups is 1. The first-order valence-corrected chi connectivity index (χ1v) is 14.9. The largest absolute Gasteiger partial charge is 0.679 e. The molecule has 0 unspecified atom stereocenters. The molecule has 17 heteroatoms. The van der Waals surface area contributed by atoms with Crippen molar-refractivity contribution in [1.29, 1.82) is 0 Å². The van der Waals surface area contributed by atoms with Crippen molar-refractivity contribution in [3.05, 3.63) is 79.1 Å². The molecule has 0 amide bonds. The van der Waals surface area contributed by atoms with E-state index in [-0.39, 0.29) is 36.0 Å². The van der Waals surface area contributed by atoms with Crippen molar-refractivity contribution in [1.82, 2.24) is 15.3 Å². The van der Waals surface area contributed by atoms with Crippen LogP contribution in [0.2, 0.25) is 0 Å². The third-order valence-corrected chi connectivity index (χ3v) is 5.39. The summed E-state index contributed by atoms with van der Waals surface area (Å²) in [6, 6.07) is 6.97. The molecule has 1 aliphatic rings. The molecule has 2 aromatic heterocycles. The van der Waals surface area contributed by atoms with Gasteiger partial charge in [0.05, 0.1) is 15.7 Å². The first-order valence-electron chi connectivity index (χ1n) is 12.1. The van der Waals surface area contributed by atoms with Crippen molar-refractivity contribution in [2.24, 2.45) is 5.92 Å². The minimum atomic E-state index is -1.75. The summed E-state index contributed by atoms with van der Waals surface area (Å²) in [7, 11) is 4.61. The Morgan fingerprint density at radius 1 is 1.02 bits per heavy atom. The number of aromatic nitrogens is 3. The number of carbonyl (C=O) groups excluding carboxylic acids is 1. The number of halogens is 1. The number of hydrogen-bond donors (Lipinski definition) is 0. The zero-order chi connectivity index (χ0) is 30.5. The van der Waals surface area contributed by atoms with Crippen LogP contribution in [0.3, 0.4) is 0 Å². The molecule has 225 valence electrons. The van der Waals surface area contributed by atoms with Gasteiger partial charge in [-0.25, -0.2) is 4.63 Å². The molecule has 0 aliphatic carbocycles. The molecule has 4 rings (SSSR count). The summed E-state index contributed by atoms with van der Waals surface area (Å²) >= 11 is 1.61. The fraction of sp³-hybridized carbons (Fsp3) is 0.478. The Kier molecular flexibility index (Phi) is 19.8. The van der Waals surface area contributed by atoms with E-state index in [1.165, 1.54) is 6.07 Å². The number of pyridine rings is 1. The number of piperidine rings is 1. The minimum Gasteiger partial charge on any atom is -0.679 e. The van der Waals surface area contributed by atoms with Gasteiger partial charge >= 0.3 is 33.9 Å². The van der Waals surface area contributed by atoms with Gasteiger partial charge in [0.25, 0.3) is 0 Å². The third kappa shape index (κ3) is 12.7. The second-order valence-corrected chi connectivity index (χ2v) is 7.63. The Labute approximate surface area is 246 Å². The number of non-ortho nitro benzene ring substituents is 1. The van der Waals surface area contributed by atoms with Gasteiger partial charge in [0.2, 0.25) is 5.52 Å². The Morgan fingerprint density at radius 3 is 2.05 bits per heavy atom. The van der Waals surface area contributed by atoms with Crippen molar-refractivity contribution in [3.63, 3.8) is 0 Å². The van der Waals surface area contributed by atoms with Crippen LogP contribution in [-0.2, 0) is 30.0 Å². The smallest absolute Gasteiger partial charge is 0.171 e. The first-order chi connectivity index (χ1) is 19.3. The number of Topliss-reactive ketones (excluding diaryl/α,β-unsaturated/α-hetero) is 1. The van der Waals surface area contributed by atoms with Gasteiger partial charge in [0.15, 0.2) is 5.52 Å². The average Bonchev–Trinajstić information content (AvgIpc) is 3.48. The van der Waals surface area contributed by atoms with E-state index >= 15 is 0 Å². The number of aryl methyl sites for hydroxylation is 1. The Bertz CT molecular complexity index is 1140. The molecule has 0 radical (unpaired) electrons. The van der Waals surface area contributed by atoms with Crippen LogP contribution in [0.15, 0.2) is 41.3 Å². The first kappa shape index (κ1) is 36.7. The summed E-state index contributed by atoms with van der Waals surface area (Å²) < 4.78 is 4.73. The summed E-state index contributed by atoms with van der Waals surface area (Å²) in [5.41, 5.74) is 14.8. The van der Waals surface area contributed by atoms with E-state index in [1.807, 2.05) is 26.0 Å². The summed E-state index contributed by atoms with van der Waals surface area (Å²) in [5, 5.41) is 33.4. The molecule has 1 saturated heterocycles. The van der Waals surface area contributed by atoms with Crippen LogP contribution in [0, 0.1) is 31.4 Å². The van der Waals surface area contributed by atoms with E-state index in [4.69, 9.17) is 31.4 Å². The molecule has 0 spiro atoms. The van der Waals surface area contributed by atoms with Crippen molar-refractivity contribution >= 4 is 37.6 Å². The average molecular weight is 762 g/mol. The number of carbonyl (C=O) groups is 1. The van der Waals surface area contributed by atoms with E-state index in [9.17, 15) is 14.9 Å². The summed E-state index contributed by atoms with van der Waals surface area (Å²) in [6.07, 6.45) is 6.24. The molecular weight excluding hydrogens is 731 g/mol. The number of ketones is 1. The monoisotopic (exact) mass is 761 g/mol. The number of nitrogens with zero attached hydrogens (tertiary/aromatic N) is 6. The van der Waals surface area contributed by atoms with Crippen LogP contribution >= 0.6 is 9.42 Å². The fourth-order valence-electron chi connectivity index (χ4n) is 3.71. The van der Waals surface area contributed by atoms with Gasteiger partial charge in [-0.3, -0.25) is 19.9 Å². The topological polar surface area (TPSA) is 229 Å². The SMILES string of the molecule is CC.O=C(CCc1ccncc1)C1CCN(c2ccc([N+](=O)[O-])c3nonc23)CC1.O=[N+]([O-])[O-].[Cl][Pt].[NH-]CC[NH-]. The van der Waals surface area contributed by atoms with Crippen LogP contribution in [0.4, 0.5) is 11.4 Å². The van der Waals surface area contributed by atoms with Gasteiger partial charge < -0.3 is 31.7 Å². The van der Waals surface area contributed by atoms with Crippen molar-refractivity contribution < 1.29 is 38.2 Å². The van der Waals surface area contributed by atoms with Gasteiger partial charge in [0, 0.05) is 43.9 Å². The summed E-state index contributed by atoms with van der Waals surface area (Å²) in [4.78, 5) is 37.5. The molecule has 0 atom stereocenters.